The summed E-state index contributed by atoms with van der Waals surface area (Å²) in [7, 11) is -2.47. The lowest BCUT2D eigenvalue weighted by molar-refractivity contribution is 0.271. The highest BCUT2D eigenvalue weighted by Crippen LogP contribution is 2.31. The van der Waals surface area contributed by atoms with Crippen molar-refractivity contribution in [2.45, 2.75) is 31.2 Å². The fraction of sp³-hybridized carbons (Fsp3) is 0.400. The Morgan fingerprint density at radius 2 is 1.83 bits per heavy atom. The third-order valence-electron chi connectivity index (χ3n) is 4.16. The van der Waals surface area contributed by atoms with E-state index >= 15 is 0 Å². The number of methoxy groups -OCH3 is 1. The maximum absolute atomic E-state index is 11.7. The van der Waals surface area contributed by atoms with Crippen molar-refractivity contribution in [1.82, 2.24) is 5.32 Å². The standard InChI is InChI=1S/C20H28N2O6S/c1-4-27-17-8-6-16(23)13-19(17)28-10-9-22-14(2)11-15-5-7-18(26-3)20(12-15)29(21,24)25/h5-8,12-14,22-23H,4,9-11H2,1-3H3,(H2,21,24,25). The van der Waals surface area contributed by atoms with E-state index in [1.165, 1.54) is 19.2 Å². The number of nitrogens with two attached hydrogens (primary N) is 1. The van der Waals surface area contributed by atoms with Gasteiger partial charge in [0.1, 0.15) is 23.0 Å². The summed E-state index contributed by atoms with van der Waals surface area (Å²) in [6.07, 6.45) is 0.600. The van der Waals surface area contributed by atoms with E-state index in [9.17, 15) is 13.5 Å². The molecule has 8 nitrogen and oxygen atoms in total. The van der Waals surface area contributed by atoms with Crippen LogP contribution in [-0.4, -0.2) is 46.4 Å². The molecule has 4 N–H and O–H groups in total. The molecule has 0 aromatic heterocycles. The minimum atomic E-state index is -3.87. The average molecular weight is 425 g/mol. The molecule has 9 heteroatoms. The van der Waals surface area contributed by atoms with Gasteiger partial charge in [0.25, 0.3) is 0 Å². The Hall–Kier alpha value is -2.49. The van der Waals surface area contributed by atoms with Crippen molar-refractivity contribution in [3.05, 3.63) is 42.0 Å². The van der Waals surface area contributed by atoms with E-state index in [0.717, 1.165) is 5.56 Å². The van der Waals surface area contributed by atoms with Gasteiger partial charge in [-0.05, 0) is 50.1 Å². The number of primary sulfonamides is 1. The number of benzene rings is 2. The van der Waals surface area contributed by atoms with Gasteiger partial charge < -0.3 is 24.6 Å². The lowest BCUT2D eigenvalue weighted by atomic mass is 10.1. The normalized spacial score (nSPS) is 12.4. The highest BCUT2D eigenvalue weighted by molar-refractivity contribution is 7.89. The summed E-state index contributed by atoms with van der Waals surface area (Å²) in [5, 5.41) is 18.2. The van der Waals surface area contributed by atoms with Crippen LogP contribution < -0.4 is 24.7 Å². The van der Waals surface area contributed by atoms with Crippen molar-refractivity contribution in [3.63, 3.8) is 0 Å². The lowest BCUT2D eigenvalue weighted by Crippen LogP contribution is -2.32. The second kappa shape index (κ2) is 10.3. The van der Waals surface area contributed by atoms with Gasteiger partial charge in [0, 0.05) is 18.7 Å². The van der Waals surface area contributed by atoms with Gasteiger partial charge in [0.15, 0.2) is 11.5 Å². The molecule has 1 atom stereocenters. The van der Waals surface area contributed by atoms with E-state index < -0.39 is 10.0 Å². The number of hydrogen-bond donors (Lipinski definition) is 3. The summed E-state index contributed by atoms with van der Waals surface area (Å²) in [5.74, 6) is 1.39. The number of hydrogen-bond acceptors (Lipinski definition) is 7. The van der Waals surface area contributed by atoms with Crippen LogP contribution in [0.5, 0.6) is 23.0 Å². The van der Waals surface area contributed by atoms with Crippen LogP contribution in [0.2, 0.25) is 0 Å². The van der Waals surface area contributed by atoms with Crippen LogP contribution in [0.25, 0.3) is 0 Å². The largest absolute Gasteiger partial charge is 0.508 e. The first-order chi connectivity index (χ1) is 13.7. The number of nitrogens with one attached hydrogen (secondary N) is 1. The zero-order valence-electron chi connectivity index (χ0n) is 16.8. The van der Waals surface area contributed by atoms with Crippen LogP contribution in [0, 0.1) is 0 Å². The van der Waals surface area contributed by atoms with Gasteiger partial charge in [0.2, 0.25) is 10.0 Å². The zero-order valence-corrected chi connectivity index (χ0v) is 17.7. The van der Waals surface area contributed by atoms with Crippen LogP contribution in [0.15, 0.2) is 41.3 Å². The van der Waals surface area contributed by atoms with Crippen molar-refractivity contribution < 1.29 is 27.7 Å². The molecule has 0 saturated carbocycles. The Labute approximate surface area is 171 Å². The lowest BCUT2D eigenvalue weighted by Gasteiger charge is -2.16. The predicted molar refractivity (Wildman–Crippen MR) is 110 cm³/mol. The molecule has 29 heavy (non-hydrogen) atoms. The van der Waals surface area contributed by atoms with Gasteiger partial charge in [-0.3, -0.25) is 0 Å². The molecule has 1 unspecified atom stereocenters. The summed E-state index contributed by atoms with van der Waals surface area (Å²) in [4.78, 5) is -0.0274. The molecule has 0 aliphatic rings. The maximum atomic E-state index is 11.7. The topological polar surface area (TPSA) is 120 Å². The minimum absolute atomic E-state index is 0.0274. The van der Waals surface area contributed by atoms with E-state index in [4.69, 9.17) is 19.3 Å². The number of ether oxygens (including phenoxy) is 3. The van der Waals surface area contributed by atoms with Gasteiger partial charge in [-0.15, -0.1) is 0 Å². The molecule has 0 amide bonds. The molecule has 0 aliphatic heterocycles. The molecule has 0 spiro atoms. The quantitative estimate of drug-likeness (QED) is 0.472. The first-order valence-corrected chi connectivity index (χ1v) is 10.8. The average Bonchev–Trinajstić information content (AvgIpc) is 2.66. The van der Waals surface area contributed by atoms with E-state index in [2.05, 4.69) is 5.32 Å². The molecule has 0 fully saturated rings. The Balaban J connectivity index is 1.90. The van der Waals surface area contributed by atoms with Crippen molar-refractivity contribution in [2.75, 3.05) is 26.9 Å². The predicted octanol–water partition coefficient (Wildman–Crippen LogP) is 2.05. The van der Waals surface area contributed by atoms with Gasteiger partial charge in [-0.25, -0.2) is 13.6 Å². The molecule has 0 heterocycles. The third kappa shape index (κ3) is 6.81. The van der Waals surface area contributed by atoms with Gasteiger partial charge >= 0.3 is 0 Å². The molecule has 2 aromatic rings. The second-order valence-corrected chi connectivity index (χ2v) is 8.03. The Morgan fingerprint density at radius 3 is 2.48 bits per heavy atom. The number of phenols is 1. The SMILES string of the molecule is CCOc1ccc(O)cc1OCCNC(C)Cc1ccc(OC)c(S(N)(=O)=O)c1. The summed E-state index contributed by atoms with van der Waals surface area (Å²) in [6, 6.07) is 9.73. The van der Waals surface area contributed by atoms with Crippen molar-refractivity contribution in [2.24, 2.45) is 5.14 Å². The monoisotopic (exact) mass is 424 g/mol. The third-order valence-corrected chi connectivity index (χ3v) is 5.09. The molecular formula is C20H28N2O6S. The molecule has 0 aliphatic carbocycles. The summed E-state index contributed by atoms with van der Waals surface area (Å²) >= 11 is 0. The fourth-order valence-corrected chi connectivity index (χ4v) is 3.59. The van der Waals surface area contributed by atoms with E-state index in [-0.39, 0.29) is 22.4 Å². The first-order valence-electron chi connectivity index (χ1n) is 9.26. The molecule has 160 valence electrons. The summed E-state index contributed by atoms with van der Waals surface area (Å²) in [6.45, 7) is 5.29. The van der Waals surface area contributed by atoms with Crippen LogP contribution in [0.4, 0.5) is 0 Å². The Kier molecular flexibility index (Phi) is 8.12. The van der Waals surface area contributed by atoms with E-state index in [1.807, 2.05) is 19.9 Å². The van der Waals surface area contributed by atoms with Crippen LogP contribution >= 0.6 is 0 Å². The molecule has 2 rings (SSSR count). The molecular weight excluding hydrogens is 396 g/mol. The Morgan fingerprint density at radius 1 is 1.10 bits per heavy atom. The number of phenolic OH excluding ortho intramolecular Hbond substituents is 1. The van der Waals surface area contributed by atoms with Crippen LogP contribution in [-0.2, 0) is 16.4 Å². The molecule has 0 bridgehead atoms. The smallest absolute Gasteiger partial charge is 0.241 e. The molecule has 2 aromatic carbocycles. The summed E-state index contributed by atoms with van der Waals surface area (Å²) < 4.78 is 39.7. The number of rotatable bonds is 11. The van der Waals surface area contributed by atoms with Gasteiger partial charge in [-0.1, -0.05) is 6.07 Å². The highest BCUT2D eigenvalue weighted by Gasteiger charge is 2.16. The van der Waals surface area contributed by atoms with Gasteiger partial charge in [0.05, 0.1) is 13.7 Å². The van der Waals surface area contributed by atoms with E-state index in [0.29, 0.717) is 37.7 Å². The highest BCUT2D eigenvalue weighted by atomic mass is 32.2. The summed E-state index contributed by atoms with van der Waals surface area (Å²) in [5.41, 5.74) is 0.822. The zero-order chi connectivity index (χ0) is 21.4. The molecule has 0 radical (unpaired) electrons. The number of aromatic hydroxyl groups is 1. The first kappa shape index (κ1) is 22.8. The Bertz CT molecular complexity index is 917. The second-order valence-electron chi connectivity index (χ2n) is 6.50. The van der Waals surface area contributed by atoms with Crippen molar-refractivity contribution in [3.8, 4) is 23.0 Å². The number of sulfonamides is 1. The minimum Gasteiger partial charge on any atom is -0.508 e. The van der Waals surface area contributed by atoms with Crippen LogP contribution in [0.3, 0.4) is 0 Å². The van der Waals surface area contributed by atoms with Gasteiger partial charge in [-0.2, -0.15) is 0 Å². The van der Waals surface area contributed by atoms with Crippen LogP contribution in [0.1, 0.15) is 19.4 Å². The fourth-order valence-electron chi connectivity index (χ4n) is 2.85. The van der Waals surface area contributed by atoms with Crippen molar-refractivity contribution >= 4 is 10.0 Å². The molecule has 0 saturated heterocycles. The maximum Gasteiger partial charge on any atom is 0.241 e. The van der Waals surface area contributed by atoms with E-state index in [1.54, 1.807) is 18.2 Å². The van der Waals surface area contributed by atoms with Crippen molar-refractivity contribution in [1.29, 1.82) is 0 Å².